The van der Waals surface area contributed by atoms with E-state index in [1.54, 1.807) is 32.2 Å². The van der Waals surface area contributed by atoms with Crippen LogP contribution in [0.1, 0.15) is 11.4 Å². The van der Waals surface area contributed by atoms with Gasteiger partial charge in [0.2, 0.25) is 11.9 Å². The number of nitrogen functional groups attached to an aromatic ring is 1. The number of rotatable bonds is 7. The zero-order valence-electron chi connectivity index (χ0n) is 14.4. The highest BCUT2D eigenvalue weighted by Crippen LogP contribution is 2.20. The summed E-state index contributed by atoms with van der Waals surface area (Å²) in [6.07, 6.45) is 1.68. The first kappa shape index (κ1) is 18.2. The number of nitrogens with two attached hydrogens (primary N) is 1. The molecule has 0 aliphatic carbocycles. The first-order valence-electron chi connectivity index (χ1n) is 7.56. The molecule has 0 bridgehead atoms. The van der Waals surface area contributed by atoms with Crippen molar-refractivity contribution in [1.82, 2.24) is 15.0 Å². The van der Waals surface area contributed by atoms with Gasteiger partial charge < -0.3 is 20.1 Å². The van der Waals surface area contributed by atoms with Crippen LogP contribution in [-0.4, -0.2) is 49.4 Å². The van der Waals surface area contributed by atoms with Gasteiger partial charge in [0.05, 0.1) is 12.2 Å². The fourth-order valence-electron chi connectivity index (χ4n) is 1.95. The highest BCUT2D eigenvalue weighted by Gasteiger charge is 2.11. The van der Waals surface area contributed by atoms with E-state index in [1.807, 2.05) is 24.3 Å². The lowest BCUT2D eigenvalue weighted by atomic mass is 10.1. The van der Waals surface area contributed by atoms with Crippen LogP contribution in [0.5, 0.6) is 5.75 Å². The Morgan fingerprint density at radius 3 is 2.76 bits per heavy atom. The maximum Gasteiger partial charge on any atom is 0.230 e. The van der Waals surface area contributed by atoms with Crippen LogP contribution >= 0.6 is 0 Å². The van der Waals surface area contributed by atoms with Gasteiger partial charge in [-0.15, -0.1) is 0 Å². The monoisotopic (exact) mass is 340 g/mol. The lowest BCUT2D eigenvalue weighted by Gasteiger charge is -2.11. The number of methoxy groups -OCH3 is 1. The van der Waals surface area contributed by atoms with Crippen molar-refractivity contribution < 1.29 is 9.47 Å². The molecule has 0 radical (unpaired) electrons. The van der Waals surface area contributed by atoms with Gasteiger partial charge in [0.1, 0.15) is 18.4 Å². The summed E-state index contributed by atoms with van der Waals surface area (Å²) in [7, 11) is 5.19. The molecular formula is C17H20N6O2. The van der Waals surface area contributed by atoms with Crippen molar-refractivity contribution in [3.63, 3.8) is 0 Å². The average Bonchev–Trinajstić information content (AvgIpc) is 2.59. The largest absolute Gasteiger partial charge is 0.491 e. The fourth-order valence-corrected chi connectivity index (χ4v) is 1.95. The molecular weight excluding hydrogens is 320 g/mol. The zero-order valence-corrected chi connectivity index (χ0v) is 14.4. The van der Waals surface area contributed by atoms with Gasteiger partial charge in [0.15, 0.2) is 5.82 Å². The Kier molecular flexibility index (Phi) is 6.26. The summed E-state index contributed by atoms with van der Waals surface area (Å²) in [6.45, 7) is 0.950. The third-order valence-electron chi connectivity index (χ3n) is 3.13. The summed E-state index contributed by atoms with van der Waals surface area (Å²) < 4.78 is 10.5. The molecule has 8 heteroatoms. The maximum atomic E-state index is 9.48. The highest BCUT2D eigenvalue weighted by molar-refractivity contribution is 5.87. The molecule has 130 valence electrons. The molecule has 0 fully saturated rings. The Labute approximate surface area is 146 Å². The first-order valence-corrected chi connectivity index (χ1v) is 7.56. The van der Waals surface area contributed by atoms with E-state index in [-0.39, 0.29) is 17.3 Å². The number of hydrogen-bond acceptors (Lipinski definition) is 8. The summed E-state index contributed by atoms with van der Waals surface area (Å²) in [4.78, 5) is 14.0. The minimum absolute atomic E-state index is 0.0616. The van der Waals surface area contributed by atoms with Gasteiger partial charge in [-0.2, -0.15) is 20.2 Å². The second kappa shape index (κ2) is 8.61. The van der Waals surface area contributed by atoms with Crippen molar-refractivity contribution >= 4 is 23.5 Å². The van der Waals surface area contributed by atoms with Crippen LogP contribution in [0.25, 0.3) is 11.6 Å². The molecule has 2 aromatic rings. The lowest BCUT2D eigenvalue weighted by Crippen LogP contribution is -2.15. The molecule has 2 rings (SSSR count). The van der Waals surface area contributed by atoms with Crippen LogP contribution in [0, 0.1) is 11.3 Å². The van der Waals surface area contributed by atoms with Crippen molar-refractivity contribution in [3.05, 3.63) is 35.7 Å². The first-order chi connectivity index (χ1) is 12.0. The molecule has 0 unspecified atom stereocenters. The lowest BCUT2D eigenvalue weighted by molar-refractivity contribution is 0.146. The van der Waals surface area contributed by atoms with Crippen molar-refractivity contribution in [2.75, 3.05) is 45.1 Å². The third kappa shape index (κ3) is 5.16. The molecule has 0 spiro atoms. The second-order valence-corrected chi connectivity index (χ2v) is 5.30. The van der Waals surface area contributed by atoms with E-state index >= 15 is 0 Å². The minimum Gasteiger partial charge on any atom is -0.491 e. The number of nitrogens with zero attached hydrogens (tertiary/aromatic N) is 5. The fraction of sp³-hybridized carbons (Fsp3) is 0.294. The molecule has 25 heavy (non-hydrogen) atoms. The van der Waals surface area contributed by atoms with Gasteiger partial charge in [-0.1, -0.05) is 12.1 Å². The summed E-state index contributed by atoms with van der Waals surface area (Å²) >= 11 is 0. The van der Waals surface area contributed by atoms with Gasteiger partial charge in [0, 0.05) is 21.2 Å². The molecule has 2 N–H and O–H groups in total. The Morgan fingerprint density at radius 2 is 2.08 bits per heavy atom. The summed E-state index contributed by atoms with van der Waals surface area (Å²) in [5.41, 5.74) is 6.79. The summed E-state index contributed by atoms with van der Waals surface area (Å²) in [5, 5.41) is 9.48. The van der Waals surface area contributed by atoms with E-state index in [4.69, 9.17) is 15.2 Å². The number of aromatic nitrogens is 3. The van der Waals surface area contributed by atoms with Crippen molar-refractivity contribution in [2.24, 2.45) is 0 Å². The maximum absolute atomic E-state index is 9.48. The van der Waals surface area contributed by atoms with Crippen LogP contribution in [0.3, 0.4) is 0 Å². The zero-order chi connectivity index (χ0) is 18.2. The molecule has 0 saturated heterocycles. The van der Waals surface area contributed by atoms with Gasteiger partial charge in [-0.05, 0) is 23.8 Å². The number of allylic oxidation sites excluding steroid dienone is 1. The van der Waals surface area contributed by atoms with Crippen molar-refractivity contribution in [2.45, 2.75) is 0 Å². The van der Waals surface area contributed by atoms with E-state index in [1.165, 1.54) is 0 Å². The molecule has 0 amide bonds. The molecule has 8 nitrogen and oxygen atoms in total. The second-order valence-electron chi connectivity index (χ2n) is 5.30. The molecule has 0 atom stereocenters. The van der Waals surface area contributed by atoms with E-state index in [0.29, 0.717) is 24.9 Å². The number of ether oxygens (including phenoxy) is 2. The molecule has 1 heterocycles. The normalized spacial score (nSPS) is 11.0. The minimum atomic E-state index is 0.0616. The average molecular weight is 340 g/mol. The Balaban J connectivity index is 2.32. The quantitative estimate of drug-likeness (QED) is 0.598. The van der Waals surface area contributed by atoms with E-state index in [2.05, 4.69) is 21.0 Å². The smallest absolute Gasteiger partial charge is 0.230 e. The molecule has 0 saturated carbocycles. The van der Waals surface area contributed by atoms with E-state index in [9.17, 15) is 5.26 Å². The molecule has 1 aromatic heterocycles. The van der Waals surface area contributed by atoms with Crippen molar-refractivity contribution in [3.8, 4) is 11.8 Å². The third-order valence-corrected chi connectivity index (χ3v) is 3.13. The highest BCUT2D eigenvalue weighted by atomic mass is 16.5. The Hall–Kier alpha value is -3.18. The van der Waals surface area contributed by atoms with Gasteiger partial charge in [-0.25, -0.2) is 0 Å². The summed E-state index contributed by atoms with van der Waals surface area (Å²) in [5.74, 6) is 1.36. The van der Waals surface area contributed by atoms with Gasteiger partial charge >= 0.3 is 0 Å². The van der Waals surface area contributed by atoms with Crippen LogP contribution in [0.15, 0.2) is 24.3 Å². The van der Waals surface area contributed by atoms with Gasteiger partial charge in [-0.3, -0.25) is 0 Å². The van der Waals surface area contributed by atoms with E-state index in [0.717, 1.165) is 5.56 Å². The van der Waals surface area contributed by atoms with Gasteiger partial charge in [0.25, 0.3) is 0 Å². The Morgan fingerprint density at radius 1 is 1.28 bits per heavy atom. The van der Waals surface area contributed by atoms with E-state index < -0.39 is 0 Å². The number of anilines is 2. The number of hydrogen-bond donors (Lipinski definition) is 1. The Bertz CT molecular complexity index is 798. The summed E-state index contributed by atoms with van der Waals surface area (Å²) in [6, 6.07) is 9.47. The standard InChI is InChI=1S/C17H20N6O2/c1-23(2)17-21-15(20-16(19)22-17)13(11-18)9-12-5-4-6-14(10-12)25-8-7-24-3/h4-6,9-10H,7-8H2,1-3H3,(H2,19,20,21,22)/b13-9+. The topological polar surface area (TPSA) is 110 Å². The van der Waals surface area contributed by atoms with Crippen LogP contribution in [0.2, 0.25) is 0 Å². The molecule has 0 aliphatic heterocycles. The van der Waals surface area contributed by atoms with Crippen molar-refractivity contribution in [1.29, 1.82) is 5.26 Å². The van der Waals surface area contributed by atoms with Crippen LogP contribution in [-0.2, 0) is 4.74 Å². The SMILES string of the molecule is COCCOc1cccc(/C=C(\C#N)c2nc(N)nc(N(C)C)n2)c1. The predicted octanol–water partition coefficient (Wildman–Crippen LogP) is 1.61. The van der Waals surface area contributed by atoms with Crippen LogP contribution in [0.4, 0.5) is 11.9 Å². The van der Waals surface area contributed by atoms with Crippen LogP contribution < -0.4 is 15.4 Å². The number of nitriles is 1. The molecule has 0 aliphatic rings. The predicted molar refractivity (Wildman–Crippen MR) is 95.9 cm³/mol. The molecule has 1 aromatic carbocycles. The number of benzene rings is 1.